The zero-order valence-electron chi connectivity index (χ0n) is 13.2. The van der Waals surface area contributed by atoms with E-state index in [4.69, 9.17) is 5.73 Å². The summed E-state index contributed by atoms with van der Waals surface area (Å²) >= 11 is 0. The van der Waals surface area contributed by atoms with Gasteiger partial charge in [-0.15, -0.1) is 0 Å². The zero-order chi connectivity index (χ0) is 14.6. The molecule has 0 saturated heterocycles. The first kappa shape index (κ1) is 15.8. The number of likely N-dealkylation sites (N-methyl/N-ethyl adjacent to an activating group) is 1. The topological polar surface area (TPSA) is 49.6 Å². The fourth-order valence-electron chi connectivity index (χ4n) is 3.71. The number of nitrogens with two attached hydrogens (primary N) is 1. The summed E-state index contributed by atoms with van der Waals surface area (Å²) in [5, 5.41) is 0. The van der Waals surface area contributed by atoms with Crippen molar-refractivity contribution in [2.24, 2.45) is 5.73 Å². The van der Waals surface area contributed by atoms with Gasteiger partial charge < -0.3 is 10.6 Å². The van der Waals surface area contributed by atoms with E-state index < -0.39 is 0 Å². The van der Waals surface area contributed by atoms with E-state index >= 15 is 0 Å². The van der Waals surface area contributed by atoms with Gasteiger partial charge in [0.2, 0.25) is 5.91 Å². The van der Waals surface area contributed by atoms with Gasteiger partial charge in [-0.1, -0.05) is 19.8 Å². The summed E-state index contributed by atoms with van der Waals surface area (Å²) in [5.41, 5.74) is 6.18. The number of rotatable bonds is 8. The van der Waals surface area contributed by atoms with Crippen molar-refractivity contribution in [1.82, 2.24) is 9.80 Å². The standard InChI is InChI=1S/C16H31N3O/c1-3-11-18(16(13-17)9-5-6-10-16)12-15(20)19(4-2)14-7-8-14/h14H,3-13,17H2,1-2H3. The second-order valence-electron chi connectivity index (χ2n) is 6.47. The molecular formula is C16H31N3O. The fourth-order valence-corrected chi connectivity index (χ4v) is 3.71. The predicted molar refractivity (Wildman–Crippen MR) is 82.5 cm³/mol. The third-order valence-electron chi connectivity index (χ3n) is 5.05. The quantitative estimate of drug-likeness (QED) is 0.740. The second-order valence-corrected chi connectivity index (χ2v) is 6.47. The summed E-state index contributed by atoms with van der Waals surface area (Å²) in [6.45, 7) is 7.37. The third kappa shape index (κ3) is 3.34. The minimum absolute atomic E-state index is 0.0919. The van der Waals surface area contributed by atoms with Crippen molar-refractivity contribution in [1.29, 1.82) is 0 Å². The van der Waals surface area contributed by atoms with Crippen LogP contribution < -0.4 is 5.73 Å². The summed E-state index contributed by atoms with van der Waals surface area (Å²) < 4.78 is 0. The molecule has 0 aromatic heterocycles. The van der Waals surface area contributed by atoms with Gasteiger partial charge >= 0.3 is 0 Å². The van der Waals surface area contributed by atoms with Gasteiger partial charge in [-0.2, -0.15) is 0 Å². The number of carbonyl (C=O) groups is 1. The molecule has 0 unspecified atom stereocenters. The number of hydrogen-bond acceptors (Lipinski definition) is 3. The molecule has 2 fully saturated rings. The van der Waals surface area contributed by atoms with Gasteiger partial charge in [-0.25, -0.2) is 0 Å². The number of amides is 1. The Morgan fingerprint density at radius 3 is 2.35 bits per heavy atom. The minimum Gasteiger partial charge on any atom is -0.339 e. The van der Waals surface area contributed by atoms with Crippen molar-refractivity contribution < 1.29 is 4.79 Å². The normalized spacial score (nSPS) is 21.4. The molecule has 2 N–H and O–H groups in total. The van der Waals surface area contributed by atoms with Crippen molar-refractivity contribution in [2.75, 3.05) is 26.2 Å². The minimum atomic E-state index is 0.0919. The van der Waals surface area contributed by atoms with Crippen LogP contribution in [0, 0.1) is 0 Å². The Labute approximate surface area is 123 Å². The largest absolute Gasteiger partial charge is 0.339 e. The Balaban J connectivity index is 2.02. The maximum atomic E-state index is 12.6. The zero-order valence-corrected chi connectivity index (χ0v) is 13.2. The van der Waals surface area contributed by atoms with Crippen molar-refractivity contribution in [3.8, 4) is 0 Å². The molecule has 2 saturated carbocycles. The average Bonchev–Trinajstić information content (AvgIpc) is 3.16. The van der Waals surface area contributed by atoms with Crippen LogP contribution in [0.4, 0.5) is 0 Å². The maximum absolute atomic E-state index is 12.6. The van der Waals surface area contributed by atoms with E-state index in [-0.39, 0.29) is 5.54 Å². The molecule has 4 nitrogen and oxygen atoms in total. The Kier molecular flexibility index (Phi) is 5.44. The molecule has 2 aliphatic rings. The third-order valence-corrected chi connectivity index (χ3v) is 5.05. The molecule has 4 heteroatoms. The summed E-state index contributed by atoms with van der Waals surface area (Å²) in [6.07, 6.45) is 8.30. The first-order valence-corrected chi connectivity index (χ1v) is 8.41. The molecule has 2 aliphatic carbocycles. The van der Waals surface area contributed by atoms with Crippen molar-refractivity contribution in [3.63, 3.8) is 0 Å². The Bertz CT molecular complexity index is 322. The second kappa shape index (κ2) is 6.90. The van der Waals surface area contributed by atoms with Crippen LogP contribution in [0.2, 0.25) is 0 Å². The van der Waals surface area contributed by atoms with Crippen LogP contribution in [0.25, 0.3) is 0 Å². The van der Waals surface area contributed by atoms with Gasteiger partial charge in [0, 0.05) is 24.7 Å². The number of hydrogen-bond donors (Lipinski definition) is 1. The fraction of sp³-hybridized carbons (Fsp3) is 0.938. The Hall–Kier alpha value is -0.610. The van der Waals surface area contributed by atoms with Crippen LogP contribution >= 0.6 is 0 Å². The lowest BCUT2D eigenvalue weighted by Crippen LogP contribution is -2.55. The van der Waals surface area contributed by atoms with E-state index in [9.17, 15) is 4.79 Å². The lowest BCUT2D eigenvalue weighted by molar-refractivity contribution is -0.134. The first-order chi connectivity index (χ1) is 9.66. The molecule has 0 bridgehead atoms. The highest BCUT2D eigenvalue weighted by Crippen LogP contribution is 2.35. The molecular weight excluding hydrogens is 250 g/mol. The highest BCUT2D eigenvalue weighted by Gasteiger charge is 2.40. The predicted octanol–water partition coefficient (Wildman–Crippen LogP) is 1.98. The molecule has 0 radical (unpaired) electrons. The molecule has 1 amide bonds. The van der Waals surface area contributed by atoms with Crippen LogP contribution in [-0.2, 0) is 4.79 Å². The van der Waals surface area contributed by atoms with Gasteiger partial charge in [0.25, 0.3) is 0 Å². The monoisotopic (exact) mass is 281 g/mol. The molecule has 116 valence electrons. The van der Waals surface area contributed by atoms with Crippen LogP contribution in [0.15, 0.2) is 0 Å². The molecule has 2 rings (SSSR count). The van der Waals surface area contributed by atoms with Crippen LogP contribution in [0.5, 0.6) is 0 Å². The van der Waals surface area contributed by atoms with E-state index in [0.29, 0.717) is 25.0 Å². The van der Waals surface area contributed by atoms with Gasteiger partial charge in [0.1, 0.15) is 0 Å². The van der Waals surface area contributed by atoms with Crippen LogP contribution in [0.1, 0.15) is 58.8 Å². The van der Waals surface area contributed by atoms with Gasteiger partial charge in [0.15, 0.2) is 0 Å². The van der Waals surface area contributed by atoms with E-state index in [1.807, 2.05) is 0 Å². The molecule has 0 atom stereocenters. The lowest BCUT2D eigenvalue weighted by atomic mass is 9.94. The lowest BCUT2D eigenvalue weighted by Gasteiger charge is -2.41. The van der Waals surface area contributed by atoms with Gasteiger partial charge in [-0.05, 0) is 45.6 Å². The molecule has 20 heavy (non-hydrogen) atoms. The molecule has 0 spiro atoms. The van der Waals surface area contributed by atoms with E-state index in [2.05, 4.69) is 23.6 Å². The first-order valence-electron chi connectivity index (χ1n) is 8.41. The highest BCUT2D eigenvalue weighted by molar-refractivity contribution is 5.79. The van der Waals surface area contributed by atoms with Crippen LogP contribution in [-0.4, -0.2) is 53.5 Å². The number of nitrogens with zero attached hydrogens (tertiary/aromatic N) is 2. The number of carbonyl (C=O) groups excluding carboxylic acids is 1. The van der Waals surface area contributed by atoms with Gasteiger partial charge in [0.05, 0.1) is 6.54 Å². The van der Waals surface area contributed by atoms with E-state index in [1.54, 1.807) is 0 Å². The van der Waals surface area contributed by atoms with E-state index in [0.717, 1.165) is 32.4 Å². The van der Waals surface area contributed by atoms with Gasteiger partial charge in [-0.3, -0.25) is 9.69 Å². The average molecular weight is 281 g/mol. The van der Waals surface area contributed by atoms with Crippen LogP contribution in [0.3, 0.4) is 0 Å². The highest BCUT2D eigenvalue weighted by atomic mass is 16.2. The molecule has 0 aliphatic heterocycles. The Morgan fingerprint density at radius 2 is 1.90 bits per heavy atom. The molecule has 0 aromatic rings. The Morgan fingerprint density at radius 1 is 1.25 bits per heavy atom. The molecule has 0 aromatic carbocycles. The summed E-state index contributed by atoms with van der Waals surface area (Å²) in [4.78, 5) is 17.1. The van der Waals surface area contributed by atoms with Crippen molar-refractivity contribution >= 4 is 5.91 Å². The summed E-state index contributed by atoms with van der Waals surface area (Å²) in [5.74, 6) is 0.308. The van der Waals surface area contributed by atoms with E-state index in [1.165, 1.54) is 25.7 Å². The summed E-state index contributed by atoms with van der Waals surface area (Å²) in [7, 11) is 0. The van der Waals surface area contributed by atoms with Crippen molar-refractivity contribution in [3.05, 3.63) is 0 Å². The SMILES string of the molecule is CCCN(CC(=O)N(CC)C1CC1)C1(CN)CCCC1. The molecule has 0 heterocycles. The smallest absolute Gasteiger partial charge is 0.237 e. The van der Waals surface area contributed by atoms with Crippen molar-refractivity contribution in [2.45, 2.75) is 70.4 Å². The summed E-state index contributed by atoms with van der Waals surface area (Å²) in [6, 6.07) is 0.522. The maximum Gasteiger partial charge on any atom is 0.237 e.